The first-order valence-electron chi connectivity index (χ1n) is 5.16. The third-order valence-corrected chi connectivity index (χ3v) is 2.54. The van der Waals surface area contributed by atoms with Gasteiger partial charge < -0.3 is 15.8 Å². The van der Waals surface area contributed by atoms with Crippen molar-refractivity contribution in [1.29, 1.82) is 0 Å². The molecule has 1 aromatic carbocycles. The van der Waals surface area contributed by atoms with E-state index in [4.69, 9.17) is 33.7 Å². The molecule has 0 unspecified atom stereocenters. The van der Waals surface area contributed by atoms with E-state index in [0.717, 1.165) is 0 Å². The molecule has 0 radical (unpaired) electrons. The van der Waals surface area contributed by atoms with E-state index in [1.807, 2.05) is 6.92 Å². The molecule has 0 saturated carbocycles. The van der Waals surface area contributed by atoms with E-state index in [-0.39, 0.29) is 12.3 Å². The van der Waals surface area contributed by atoms with Gasteiger partial charge >= 0.3 is 0 Å². The molecule has 0 fully saturated rings. The second-order valence-electron chi connectivity index (χ2n) is 3.35. The highest BCUT2D eigenvalue weighted by Crippen LogP contribution is 2.31. The van der Waals surface area contributed by atoms with Gasteiger partial charge in [0.25, 0.3) is 0 Å². The van der Waals surface area contributed by atoms with E-state index >= 15 is 0 Å². The van der Waals surface area contributed by atoms with Gasteiger partial charge in [0.1, 0.15) is 0 Å². The quantitative estimate of drug-likeness (QED) is 0.642. The van der Waals surface area contributed by atoms with Crippen molar-refractivity contribution < 1.29 is 9.53 Å². The van der Waals surface area contributed by atoms with Crippen molar-refractivity contribution in [2.24, 2.45) is 0 Å². The molecule has 17 heavy (non-hydrogen) atoms. The van der Waals surface area contributed by atoms with Crippen LogP contribution in [0.15, 0.2) is 12.1 Å². The number of benzene rings is 1. The lowest BCUT2D eigenvalue weighted by Crippen LogP contribution is -2.15. The fourth-order valence-electron chi connectivity index (χ4n) is 1.24. The van der Waals surface area contributed by atoms with Crippen molar-refractivity contribution in [3.05, 3.63) is 22.2 Å². The summed E-state index contributed by atoms with van der Waals surface area (Å²) in [4.78, 5) is 11.5. The van der Waals surface area contributed by atoms with Gasteiger partial charge in [0.05, 0.1) is 29.4 Å². The van der Waals surface area contributed by atoms with Crippen LogP contribution in [0.5, 0.6) is 0 Å². The van der Waals surface area contributed by atoms with Crippen LogP contribution in [0.2, 0.25) is 10.0 Å². The minimum absolute atomic E-state index is 0.200. The highest BCUT2D eigenvalue weighted by atomic mass is 35.5. The molecule has 0 saturated heterocycles. The normalized spacial score (nSPS) is 10.3. The summed E-state index contributed by atoms with van der Waals surface area (Å²) < 4.78 is 5.08. The second kappa shape index (κ2) is 6.69. The van der Waals surface area contributed by atoms with Crippen LogP contribution in [-0.4, -0.2) is 19.1 Å². The number of nitrogens with two attached hydrogens (primary N) is 1. The molecule has 1 rings (SSSR count). The molecule has 1 amide bonds. The molecule has 0 aromatic heterocycles. The van der Waals surface area contributed by atoms with Crippen molar-refractivity contribution >= 4 is 40.5 Å². The number of nitrogen functional groups attached to an aromatic ring is 1. The Morgan fingerprint density at radius 1 is 1.47 bits per heavy atom. The number of hydrogen-bond donors (Lipinski definition) is 2. The maximum Gasteiger partial charge on any atom is 0.226 e. The molecular formula is C11H14Cl2N2O2. The fraction of sp³-hybridized carbons (Fsp3) is 0.364. The lowest BCUT2D eigenvalue weighted by molar-refractivity contribution is -0.117. The summed E-state index contributed by atoms with van der Waals surface area (Å²) in [6.07, 6.45) is 0.256. The molecule has 0 aliphatic heterocycles. The Hall–Kier alpha value is -0.970. The molecule has 6 heteroatoms. The number of amides is 1. The number of nitrogens with one attached hydrogen (secondary N) is 1. The van der Waals surface area contributed by atoms with Crippen LogP contribution in [0.25, 0.3) is 0 Å². The van der Waals surface area contributed by atoms with E-state index in [9.17, 15) is 4.79 Å². The number of carbonyl (C=O) groups excluding carboxylic acids is 1. The van der Waals surface area contributed by atoms with Gasteiger partial charge in [-0.05, 0) is 19.1 Å². The van der Waals surface area contributed by atoms with Gasteiger partial charge in [-0.2, -0.15) is 0 Å². The van der Waals surface area contributed by atoms with Gasteiger partial charge in [-0.1, -0.05) is 23.2 Å². The molecular weight excluding hydrogens is 263 g/mol. The van der Waals surface area contributed by atoms with E-state index in [0.29, 0.717) is 34.6 Å². The van der Waals surface area contributed by atoms with Gasteiger partial charge in [-0.3, -0.25) is 4.79 Å². The maximum atomic E-state index is 11.5. The van der Waals surface area contributed by atoms with Crippen molar-refractivity contribution in [1.82, 2.24) is 0 Å². The summed E-state index contributed by atoms with van der Waals surface area (Å²) in [7, 11) is 0. The molecule has 0 bridgehead atoms. The van der Waals surface area contributed by atoms with Crippen LogP contribution >= 0.6 is 23.2 Å². The van der Waals surface area contributed by atoms with Crippen molar-refractivity contribution in [2.45, 2.75) is 13.3 Å². The van der Waals surface area contributed by atoms with E-state index in [1.54, 1.807) is 0 Å². The molecule has 94 valence electrons. The molecule has 0 heterocycles. The average molecular weight is 277 g/mol. The minimum Gasteiger partial charge on any atom is -0.397 e. The van der Waals surface area contributed by atoms with Crippen LogP contribution in [0.3, 0.4) is 0 Å². The fourth-order valence-corrected chi connectivity index (χ4v) is 1.79. The number of ether oxygens (including phenoxy) is 1. The minimum atomic E-state index is -0.200. The van der Waals surface area contributed by atoms with Gasteiger partial charge in [0, 0.05) is 11.6 Å². The van der Waals surface area contributed by atoms with Crippen molar-refractivity contribution in [3.63, 3.8) is 0 Å². The smallest absolute Gasteiger partial charge is 0.226 e. The van der Waals surface area contributed by atoms with Gasteiger partial charge in [-0.15, -0.1) is 0 Å². The highest BCUT2D eigenvalue weighted by Gasteiger charge is 2.10. The Morgan fingerprint density at radius 3 is 2.76 bits per heavy atom. The molecule has 0 aliphatic carbocycles. The first kappa shape index (κ1) is 14.1. The lowest BCUT2D eigenvalue weighted by Gasteiger charge is -2.10. The molecule has 0 spiro atoms. The zero-order chi connectivity index (χ0) is 12.8. The summed E-state index contributed by atoms with van der Waals surface area (Å²) in [5, 5.41) is 3.38. The Balaban J connectivity index is 2.65. The Kier molecular flexibility index (Phi) is 5.55. The number of rotatable bonds is 5. The van der Waals surface area contributed by atoms with Crippen molar-refractivity contribution in [2.75, 3.05) is 24.3 Å². The standard InChI is InChI=1S/C11H14Cl2N2O2/c1-2-17-4-3-10(16)15-11-8(13)5-7(12)6-9(11)14/h5-6H,2-4,14H2,1H3,(H,15,16). The average Bonchev–Trinajstić information content (AvgIpc) is 2.24. The second-order valence-corrected chi connectivity index (χ2v) is 4.19. The topological polar surface area (TPSA) is 64.3 Å². The SMILES string of the molecule is CCOCCC(=O)Nc1c(N)cc(Cl)cc1Cl. The third kappa shape index (κ3) is 4.42. The number of halogens is 2. The van der Waals surface area contributed by atoms with Gasteiger partial charge in [0.15, 0.2) is 0 Å². The Labute approximate surface area is 110 Å². The van der Waals surface area contributed by atoms with Crippen LogP contribution in [0.1, 0.15) is 13.3 Å². The lowest BCUT2D eigenvalue weighted by atomic mass is 10.2. The van der Waals surface area contributed by atoms with E-state index < -0.39 is 0 Å². The van der Waals surface area contributed by atoms with Gasteiger partial charge in [0.2, 0.25) is 5.91 Å². The first-order chi connectivity index (χ1) is 8.04. The zero-order valence-electron chi connectivity index (χ0n) is 9.43. The van der Waals surface area contributed by atoms with E-state index in [1.165, 1.54) is 12.1 Å². The summed E-state index contributed by atoms with van der Waals surface area (Å²) in [5.41, 5.74) is 6.44. The van der Waals surface area contributed by atoms with Crippen LogP contribution in [0.4, 0.5) is 11.4 Å². The predicted octanol–water partition coefficient (Wildman–Crippen LogP) is 2.94. The van der Waals surface area contributed by atoms with Crippen LogP contribution in [0, 0.1) is 0 Å². The Bertz CT molecular complexity index is 387. The molecule has 1 aromatic rings. The predicted molar refractivity (Wildman–Crippen MR) is 70.6 cm³/mol. The number of hydrogen-bond acceptors (Lipinski definition) is 3. The Morgan fingerprint density at radius 2 is 2.18 bits per heavy atom. The third-order valence-electron chi connectivity index (χ3n) is 2.03. The molecule has 0 atom stereocenters. The summed E-state index contributed by atoms with van der Waals surface area (Å²) in [5.74, 6) is -0.200. The van der Waals surface area contributed by atoms with E-state index in [2.05, 4.69) is 5.32 Å². The van der Waals surface area contributed by atoms with Crippen molar-refractivity contribution in [3.8, 4) is 0 Å². The summed E-state index contributed by atoms with van der Waals surface area (Å²) >= 11 is 11.7. The highest BCUT2D eigenvalue weighted by molar-refractivity contribution is 6.37. The molecule has 0 aliphatic rings. The molecule has 3 N–H and O–H groups in total. The largest absolute Gasteiger partial charge is 0.397 e. The van der Waals surface area contributed by atoms with Crippen LogP contribution in [-0.2, 0) is 9.53 Å². The van der Waals surface area contributed by atoms with Gasteiger partial charge in [-0.25, -0.2) is 0 Å². The number of carbonyl (C=O) groups is 1. The maximum absolute atomic E-state index is 11.5. The zero-order valence-corrected chi connectivity index (χ0v) is 10.9. The monoisotopic (exact) mass is 276 g/mol. The first-order valence-corrected chi connectivity index (χ1v) is 5.92. The van der Waals surface area contributed by atoms with Crippen LogP contribution < -0.4 is 11.1 Å². The summed E-state index contributed by atoms with van der Waals surface area (Å²) in [6.45, 7) is 2.82. The molecule has 4 nitrogen and oxygen atoms in total. The summed E-state index contributed by atoms with van der Waals surface area (Å²) in [6, 6.07) is 3.06. The number of anilines is 2.